The molecule has 0 spiro atoms. The van der Waals surface area contributed by atoms with Gasteiger partial charge in [0, 0.05) is 11.6 Å². The first-order valence-corrected chi connectivity index (χ1v) is 11.0. The van der Waals surface area contributed by atoms with Gasteiger partial charge >= 0.3 is 6.43 Å². The summed E-state index contributed by atoms with van der Waals surface area (Å²) in [5.41, 5.74) is -1.56. The number of aliphatic hydroxyl groups excluding tert-OH is 1. The molecular formula is C21H21Cl2F2N3O5. The monoisotopic (exact) mass is 503 g/mol. The Hall–Kier alpha value is -2.43. The first-order valence-electron chi connectivity index (χ1n) is 10.2. The van der Waals surface area contributed by atoms with Gasteiger partial charge in [0.1, 0.15) is 5.75 Å². The fourth-order valence-corrected chi connectivity index (χ4v) is 4.78. The number of oxazole rings is 1. The summed E-state index contributed by atoms with van der Waals surface area (Å²) in [5.74, 6) is -1.83. The number of carbonyl (C=O) groups excluding carboxylic acids is 2. The fourth-order valence-electron chi connectivity index (χ4n) is 4.49. The standard InChI is InChI=1S/C21H21Cl2F2N3O5/c22-12-2-1-11(7-13(12)23)32-10-16(30)27-21-5-3-20(4-6-21,8-15(21)29)28-18(31)14-9-26-19(33-14)17(24)25/h1-2,7,9,15,17,29H,3-6,8,10H2,(H,27,30)(H,28,31)/t15-,20?,21?/m0/s1. The van der Waals surface area contributed by atoms with Gasteiger partial charge in [0.05, 0.1) is 27.9 Å². The van der Waals surface area contributed by atoms with Crippen LogP contribution in [0.2, 0.25) is 10.0 Å². The van der Waals surface area contributed by atoms with E-state index < -0.39 is 41.3 Å². The van der Waals surface area contributed by atoms with Crippen molar-refractivity contribution in [1.29, 1.82) is 0 Å². The average molecular weight is 504 g/mol. The predicted octanol–water partition coefficient (Wildman–Crippen LogP) is 3.66. The summed E-state index contributed by atoms with van der Waals surface area (Å²) in [6.45, 7) is -0.272. The molecule has 1 atom stereocenters. The Morgan fingerprint density at radius 3 is 2.55 bits per heavy atom. The summed E-state index contributed by atoms with van der Waals surface area (Å²) in [5, 5.41) is 17.2. The zero-order valence-corrected chi connectivity index (χ0v) is 18.8. The number of hydrogen-bond acceptors (Lipinski definition) is 6. The number of aromatic nitrogens is 1. The van der Waals surface area contributed by atoms with Crippen LogP contribution in [0.1, 0.15) is 55.0 Å². The van der Waals surface area contributed by atoms with Crippen molar-refractivity contribution in [3.63, 3.8) is 0 Å². The van der Waals surface area contributed by atoms with Crippen LogP contribution in [0.15, 0.2) is 28.8 Å². The molecule has 12 heteroatoms. The zero-order chi connectivity index (χ0) is 23.8. The smallest absolute Gasteiger partial charge is 0.313 e. The Labute approximate surface area is 197 Å². The summed E-state index contributed by atoms with van der Waals surface area (Å²) < 4.78 is 35.6. The Kier molecular flexibility index (Phi) is 6.52. The Balaban J connectivity index is 1.34. The van der Waals surface area contributed by atoms with Crippen molar-refractivity contribution in [1.82, 2.24) is 15.6 Å². The SMILES string of the molecule is O=C(COc1ccc(Cl)c(Cl)c1)NC12CCC(NC(=O)c3cnc(C(F)F)o3)(CC1)C[C@@H]2O. The van der Waals surface area contributed by atoms with E-state index in [0.29, 0.717) is 41.5 Å². The third-order valence-corrected chi connectivity index (χ3v) is 7.02. The number of hydrogen-bond donors (Lipinski definition) is 3. The largest absolute Gasteiger partial charge is 0.484 e. The van der Waals surface area contributed by atoms with Gasteiger partial charge in [0.25, 0.3) is 17.7 Å². The molecule has 5 rings (SSSR count). The molecule has 3 saturated carbocycles. The van der Waals surface area contributed by atoms with Crippen LogP contribution in [0, 0.1) is 0 Å². The Bertz CT molecular complexity index is 1060. The van der Waals surface area contributed by atoms with E-state index in [4.69, 9.17) is 32.4 Å². The van der Waals surface area contributed by atoms with E-state index >= 15 is 0 Å². The molecule has 0 radical (unpaired) electrons. The van der Waals surface area contributed by atoms with Gasteiger partial charge in [-0.2, -0.15) is 8.78 Å². The minimum Gasteiger partial charge on any atom is -0.484 e. The van der Waals surface area contributed by atoms with Gasteiger partial charge in [0.2, 0.25) is 5.76 Å². The van der Waals surface area contributed by atoms with E-state index in [0.717, 1.165) is 6.20 Å². The van der Waals surface area contributed by atoms with E-state index in [9.17, 15) is 23.5 Å². The fraction of sp³-hybridized carbons (Fsp3) is 0.476. The number of benzene rings is 1. The molecule has 33 heavy (non-hydrogen) atoms. The highest BCUT2D eigenvalue weighted by Crippen LogP contribution is 2.47. The lowest BCUT2D eigenvalue weighted by atomic mass is 9.60. The van der Waals surface area contributed by atoms with Gasteiger partial charge in [-0.3, -0.25) is 9.59 Å². The number of rotatable bonds is 7. The zero-order valence-electron chi connectivity index (χ0n) is 17.2. The molecular weight excluding hydrogens is 483 g/mol. The van der Waals surface area contributed by atoms with Crippen molar-refractivity contribution in [2.24, 2.45) is 0 Å². The summed E-state index contributed by atoms with van der Waals surface area (Å²) in [6.07, 6.45) is -0.867. The number of carbonyl (C=O) groups is 2. The van der Waals surface area contributed by atoms with Crippen LogP contribution in [-0.4, -0.2) is 45.7 Å². The van der Waals surface area contributed by atoms with Crippen molar-refractivity contribution < 1.29 is 32.6 Å². The van der Waals surface area contributed by atoms with Gasteiger partial charge in [-0.25, -0.2) is 4.98 Å². The molecule has 3 aliphatic rings. The van der Waals surface area contributed by atoms with E-state index in [1.807, 2.05) is 0 Å². The number of halogens is 4. The van der Waals surface area contributed by atoms with Crippen molar-refractivity contribution in [2.45, 2.75) is 55.7 Å². The molecule has 0 saturated heterocycles. The molecule has 2 aromatic rings. The molecule has 1 aromatic carbocycles. The molecule has 0 unspecified atom stereocenters. The van der Waals surface area contributed by atoms with Crippen molar-refractivity contribution in [3.05, 3.63) is 46.1 Å². The number of aliphatic hydroxyl groups is 1. The summed E-state index contributed by atoms with van der Waals surface area (Å²) >= 11 is 11.8. The third-order valence-electron chi connectivity index (χ3n) is 6.28. The van der Waals surface area contributed by atoms with Gasteiger partial charge in [-0.15, -0.1) is 0 Å². The maximum Gasteiger partial charge on any atom is 0.313 e. The van der Waals surface area contributed by atoms with Gasteiger partial charge in [-0.05, 0) is 44.2 Å². The van der Waals surface area contributed by atoms with Crippen molar-refractivity contribution in [3.8, 4) is 5.75 Å². The molecule has 1 aromatic heterocycles. The van der Waals surface area contributed by atoms with Crippen molar-refractivity contribution >= 4 is 35.0 Å². The average Bonchev–Trinajstić information content (AvgIpc) is 3.27. The van der Waals surface area contributed by atoms with Crippen LogP contribution in [0.5, 0.6) is 5.75 Å². The summed E-state index contributed by atoms with van der Waals surface area (Å²) in [6, 6.07) is 4.65. The van der Waals surface area contributed by atoms with Crippen LogP contribution in [0.25, 0.3) is 0 Å². The summed E-state index contributed by atoms with van der Waals surface area (Å²) in [4.78, 5) is 28.4. The second-order valence-corrected chi connectivity index (χ2v) is 9.20. The maximum absolute atomic E-state index is 12.7. The van der Waals surface area contributed by atoms with E-state index in [2.05, 4.69) is 15.6 Å². The minimum absolute atomic E-state index is 0.197. The number of nitrogens with zero attached hydrogens (tertiary/aromatic N) is 1. The Morgan fingerprint density at radius 1 is 1.21 bits per heavy atom. The molecule has 3 aliphatic carbocycles. The van der Waals surface area contributed by atoms with Crippen LogP contribution in [-0.2, 0) is 4.79 Å². The number of nitrogens with one attached hydrogen (secondary N) is 2. The quantitative estimate of drug-likeness (QED) is 0.531. The Morgan fingerprint density at radius 2 is 1.94 bits per heavy atom. The van der Waals surface area contributed by atoms with Crippen LogP contribution in [0.4, 0.5) is 8.78 Å². The lowest BCUT2D eigenvalue weighted by molar-refractivity contribution is -0.132. The lowest BCUT2D eigenvalue weighted by Crippen LogP contribution is -2.70. The maximum atomic E-state index is 12.7. The topological polar surface area (TPSA) is 114 Å². The molecule has 1 heterocycles. The molecule has 2 amide bonds. The molecule has 2 bridgehead atoms. The highest BCUT2D eigenvalue weighted by molar-refractivity contribution is 6.42. The van der Waals surface area contributed by atoms with Crippen LogP contribution in [0.3, 0.4) is 0 Å². The van der Waals surface area contributed by atoms with Gasteiger partial charge in [0.15, 0.2) is 6.61 Å². The number of fused-ring (bicyclic) bond motifs is 3. The first-order chi connectivity index (χ1) is 15.6. The highest BCUT2D eigenvalue weighted by Gasteiger charge is 2.55. The number of ether oxygens (including phenoxy) is 1. The third kappa shape index (κ3) is 4.92. The molecule has 3 N–H and O–H groups in total. The number of amides is 2. The van der Waals surface area contributed by atoms with E-state index in [1.54, 1.807) is 12.1 Å². The first kappa shape index (κ1) is 23.7. The predicted molar refractivity (Wildman–Crippen MR) is 114 cm³/mol. The number of alkyl halides is 2. The molecule has 3 fully saturated rings. The highest BCUT2D eigenvalue weighted by atomic mass is 35.5. The molecule has 178 valence electrons. The second kappa shape index (κ2) is 9.08. The summed E-state index contributed by atoms with van der Waals surface area (Å²) in [7, 11) is 0. The van der Waals surface area contributed by atoms with E-state index in [-0.39, 0.29) is 18.8 Å². The lowest BCUT2D eigenvalue weighted by Gasteiger charge is -2.56. The molecule has 8 nitrogen and oxygen atoms in total. The normalized spacial score (nSPS) is 26.3. The minimum atomic E-state index is -2.92. The molecule has 0 aliphatic heterocycles. The van der Waals surface area contributed by atoms with Gasteiger partial charge < -0.3 is 24.9 Å². The van der Waals surface area contributed by atoms with Crippen LogP contribution >= 0.6 is 23.2 Å². The second-order valence-electron chi connectivity index (χ2n) is 8.39. The van der Waals surface area contributed by atoms with E-state index in [1.165, 1.54) is 6.07 Å². The van der Waals surface area contributed by atoms with Crippen molar-refractivity contribution in [2.75, 3.05) is 6.61 Å². The van der Waals surface area contributed by atoms with Gasteiger partial charge in [-0.1, -0.05) is 23.2 Å². The van der Waals surface area contributed by atoms with Crippen LogP contribution < -0.4 is 15.4 Å².